The van der Waals surface area contributed by atoms with E-state index in [0.29, 0.717) is 60.3 Å². The first-order chi connectivity index (χ1) is 58.4. The van der Waals surface area contributed by atoms with Gasteiger partial charge in [-0.15, -0.1) is 34.0 Å². The summed E-state index contributed by atoms with van der Waals surface area (Å²) in [5.41, 5.74) is 17.8. The van der Waals surface area contributed by atoms with E-state index in [1.54, 1.807) is 41.2 Å². The van der Waals surface area contributed by atoms with Crippen LogP contribution in [0.15, 0.2) is 196 Å². The van der Waals surface area contributed by atoms with Crippen molar-refractivity contribution in [2.45, 2.75) is 339 Å². The van der Waals surface area contributed by atoms with Gasteiger partial charge in [-0.25, -0.2) is 14.8 Å². The van der Waals surface area contributed by atoms with E-state index < -0.39 is 0 Å². The molecule has 127 heavy (non-hydrogen) atoms. The third-order valence-electron chi connectivity index (χ3n) is 17.4. The van der Waals surface area contributed by atoms with Crippen LogP contribution in [0.2, 0.25) is 0 Å². The molecule has 0 spiro atoms. The molecule has 0 amide bonds. The fourth-order valence-corrected chi connectivity index (χ4v) is 13.8. The normalized spacial score (nSPS) is 11.7. The third kappa shape index (κ3) is 62.0. The number of aromatic nitrogens is 13. The monoisotopic (exact) mass is 1790 g/mol. The Kier molecular flexibility index (Phi) is 48.4. The minimum absolute atomic E-state index is 0.0700. The molecule has 698 valence electrons. The quantitative estimate of drug-likeness (QED) is 0.0995. The highest BCUT2D eigenvalue weighted by Gasteiger charge is 2.21. The van der Waals surface area contributed by atoms with E-state index in [0.717, 1.165) is 80.1 Å². The standard InChI is InChI=1S/C13H16N2O.C10H18N2.C10H12N2.C10H17NS.3C10H15N.C10H16S.C9H15NS.C8H14N2.C8H13NO/c1-13(2,3)9-11-14-12(16-15-11)10-7-5-4-6-8-10;1-8-6-9(2)12(11-8)7-10(3,4)5;1-10(2,3)9-6-5-8(11-4)7-12-9;1-8-9(12-7-11-8)5-6-10(2,3)4;1-10(2,3)8-9-4-6-11-7-5-9;1-10(2,3)7-9-5-4-6-11-8-9;1-10(2,3)8-9-6-4-5-7-11-9;1-10(2,3)7-6-9-5-4-8-11-9;1-7-10-8(6-11-7)5-9(2,3)4;1-8(2,3)7-10-6-4-5-9-10;1-8(2,3)6-7-4-5-10-9-7/h4-8H,9H2,1-3H3;6H,7H2,1-5H3;5-7H,1-3H3;7H,5-6H2,1-4H3;4-7H,8H2,1-3H3;4-6,8H,7H2,1-3H3;4-7H,8H2,1-3H3;4-5,8H,6-7H2,1-3H3;6H,5H2,1-4H3;4-6H,7H2,1-3H3;4-5H,6H2,1-3H3. The van der Waals surface area contributed by atoms with Crippen LogP contribution in [-0.4, -0.2) is 64.8 Å². The van der Waals surface area contributed by atoms with Gasteiger partial charge in [0.15, 0.2) is 5.82 Å². The molecule has 12 aromatic rings. The van der Waals surface area contributed by atoms with Crippen molar-refractivity contribution >= 4 is 39.7 Å². The second-order valence-electron chi connectivity index (χ2n) is 45.9. The maximum absolute atomic E-state index is 6.76. The number of hydrogen-bond acceptors (Lipinski definition) is 16. The number of pyridine rings is 4. The first kappa shape index (κ1) is 114. The van der Waals surface area contributed by atoms with Crippen molar-refractivity contribution in [3.8, 4) is 11.5 Å². The molecule has 0 N–H and O–H groups in total. The van der Waals surface area contributed by atoms with Crippen molar-refractivity contribution in [2.24, 2.45) is 54.1 Å². The molecule has 0 saturated heterocycles. The van der Waals surface area contributed by atoms with Crippen LogP contribution in [0.25, 0.3) is 16.3 Å². The van der Waals surface area contributed by atoms with Gasteiger partial charge in [-0.1, -0.05) is 287 Å². The summed E-state index contributed by atoms with van der Waals surface area (Å²) < 4.78 is 14.0. The van der Waals surface area contributed by atoms with Gasteiger partial charge in [-0.2, -0.15) is 15.2 Å². The first-order valence-electron chi connectivity index (χ1n) is 45.0. The highest BCUT2D eigenvalue weighted by molar-refractivity contribution is 7.10. The molecule has 0 atom stereocenters. The Morgan fingerprint density at radius 1 is 0.433 bits per heavy atom. The lowest BCUT2D eigenvalue weighted by atomic mass is 9.89. The van der Waals surface area contributed by atoms with Gasteiger partial charge >= 0.3 is 0 Å². The largest absolute Gasteiger partial charge is 0.365 e. The SMILES string of the molecule is CC(C)(C)CCc1cccs1.CC(C)(C)Cc1ccccn1.CC(C)(C)Cc1cccnc1.CC(C)(C)Cc1ccncc1.CC(C)(C)Cc1ccon1.CC(C)(C)Cc1noc(-c2ccccc2)n1.CC(C)(C)Cn1cccn1.Cc1cc(C)n(CC(C)(C)C)n1.Cc1nc(CC(C)(C)C)cs1.Cc1ncsc1CCC(C)(C)C.[C-]#[N+]c1ccc(C(C)(C)C)nc1. The van der Waals surface area contributed by atoms with Crippen LogP contribution in [-0.2, 0) is 69.9 Å². The van der Waals surface area contributed by atoms with E-state index in [9.17, 15) is 0 Å². The van der Waals surface area contributed by atoms with Crippen LogP contribution >= 0.6 is 34.0 Å². The number of benzene rings is 1. The summed E-state index contributed by atoms with van der Waals surface area (Å²) in [6.45, 7) is 90.2. The third-order valence-corrected chi connectivity index (χ3v) is 20.1. The molecule has 0 aliphatic heterocycles. The Morgan fingerprint density at radius 3 is 1.44 bits per heavy atom. The van der Waals surface area contributed by atoms with Crippen LogP contribution in [0, 0.1) is 88.4 Å². The van der Waals surface area contributed by atoms with E-state index >= 15 is 0 Å². The minimum atomic E-state index is 0.0700. The van der Waals surface area contributed by atoms with Crippen LogP contribution in [0.3, 0.4) is 0 Å². The van der Waals surface area contributed by atoms with Crippen LogP contribution in [0.5, 0.6) is 0 Å². The molecular formula is C108H166N14O2S3. The second kappa shape index (κ2) is 53.9. The predicted octanol–water partition coefficient (Wildman–Crippen LogP) is 31.2. The molecule has 0 aliphatic carbocycles. The maximum atomic E-state index is 6.76. The zero-order valence-corrected chi connectivity index (χ0v) is 88.1. The van der Waals surface area contributed by atoms with Gasteiger partial charge in [0, 0.05) is 118 Å². The lowest BCUT2D eigenvalue weighted by molar-refractivity contribution is 0.321. The summed E-state index contributed by atoms with van der Waals surface area (Å²) in [6, 6.07) is 38.2. The summed E-state index contributed by atoms with van der Waals surface area (Å²) in [5.74, 6) is 1.37. The van der Waals surface area contributed by atoms with Crippen molar-refractivity contribution in [3.05, 3.63) is 270 Å². The van der Waals surface area contributed by atoms with Gasteiger partial charge in [0.2, 0.25) is 5.69 Å². The highest BCUT2D eigenvalue weighted by Crippen LogP contribution is 2.30. The number of nitrogens with zero attached hydrogens (tertiary/aromatic N) is 14. The average molecular weight is 1790 g/mol. The molecular weight excluding hydrogens is 1620 g/mol. The van der Waals surface area contributed by atoms with Crippen molar-refractivity contribution in [3.63, 3.8) is 0 Å². The van der Waals surface area contributed by atoms with Gasteiger partial charge in [0.1, 0.15) is 6.26 Å². The molecule has 1 aromatic carbocycles. The molecule has 0 radical (unpaired) electrons. The summed E-state index contributed by atoms with van der Waals surface area (Å²) in [4.78, 5) is 35.8. The van der Waals surface area contributed by atoms with Crippen molar-refractivity contribution in [1.29, 1.82) is 0 Å². The molecule has 16 nitrogen and oxygen atoms in total. The molecule has 0 saturated carbocycles. The van der Waals surface area contributed by atoms with Gasteiger partial charge in [0.25, 0.3) is 5.89 Å². The Balaban J connectivity index is 0.000000474. The van der Waals surface area contributed by atoms with Crippen LogP contribution < -0.4 is 0 Å². The molecule has 0 aliphatic rings. The first-order valence-corrected chi connectivity index (χ1v) is 47.6. The number of thiophene rings is 1. The number of hydrogen-bond donors (Lipinski definition) is 0. The summed E-state index contributed by atoms with van der Waals surface area (Å²) >= 11 is 5.38. The van der Waals surface area contributed by atoms with E-state index in [1.807, 2.05) is 139 Å². The fourth-order valence-electron chi connectivity index (χ4n) is 11.7. The predicted molar refractivity (Wildman–Crippen MR) is 544 cm³/mol. The maximum Gasteiger partial charge on any atom is 0.257 e. The zero-order valence-electron chi connectivity index (χ0n) is 85.7. The van der Waals surface area contributed by atoms with Crippen LogP contribution in [0.1, 0.15) is 313 Å². The van der Waals surface area contributed by atoms with Gasteiger partial charge in [0.05, 0.1) is 39.9 Å². The fraction of sp³-hybridized carbons (Fsp3) is 0.556. The van der Waals surface area contributed by atoms with E-state index in [2.05, 4.69) is 367 Å². The average Bonchev–Trinajstić information content (AvgIpc) is 1.83. The lowest BCUT2D eigenvalue weighted by Gasteiger charge is -2.18. The minimum Gasteiger partial charge on any atom is -0.365 e. The topological polar surface area (TPSA) is 182 Å². The smallest absolute Gasteiger partial charge is 0.257 e. The Morgan fingerprint density at radius 2 is 1.01 bits per heavy atom. The Hall–Kier alpha value is -8.96. The van der Waals surface area contributed by atoms with Crippen LogP contribution in [0.4, 0.5) is 5.69 Å². The Bertz CT molecular complexity index is 4640. The van der Waals surface area contributed by atoms with Gasteiger partial charge in [-0.05, 0) is 217 Å². The second-order valence-corrected chi connectivity index (χ2v) is 49.0. The molecule has 12 rings (SSSR count). The summed E-state index contributed by atoms with van der Waals surface area (Å²) in [6.07, 6.45) is 27.4. The molecule has 0 unspecified atom stereocenters. The molecule has 11 aromatic heterocycles. The molecule has 0 bridgehead atoms. The van der Waals surface area contributed by atoms with Gasteiger partial charge < -0.3 is 9.05 Å². The molecule has 19 heteroatoms. The van der Waals surface area contributed by atoms with E-state index in [1.165, 1.54) is 74.3 Å². The van der Waals surface area contributed by atoms with Crippen molar-refractivity contribution in [2.75, 3.05) is 0 Å². The van der Waals surface area contributed by atoms with Gasteiger partial charge in [-0.3, -0.25) is 29.3 Å². The number of aryl methyl sites for hydroxylation is 6. The Labute approximate surface area is 783 Å². The number of rotatable bonds is 13. The lowest BCUT2D eigenvalue weighted by Crippen LogP contribution is -2.17. The van der Waals surface area contributed by atoms with Crippen molar-refractivity contribution in [1.82, 2.24) is 64.8 Å². The number of thiazole rings is 2. The molecule has 11 heterocycles. The van der Waals surface area contributed by atoms with Crippen molar-refractivity contribution < 1.29 is 9.05 Å². The summed E-state index contributed by atoms with van der Waals surface area (Å²) in [5, 5.41) is 21.8. The molecule has 0 fully saturated rings. The highest BCUT2D eigenvalue weighted by atomic mass is 32.1. The van der Waals surface area contributed by atoms with E-state index in [-0.39, 0.29) is 10.8 Å². The summed E-state index contributed by atoms with van der Waals surface area (Å²) in [7, 11) is 0. The zero-order chi connectivity index (χ0) is 96.3. The van der Waals surface area contributed by atoms with E-state index in [4.69, 9.17) is 15.6 Å².